The van der Waals surface area contributed by atoms with Crippen LogP contribution in [0.1, 0.15) is 25.5 Å². The Balaban J connectivity index is 1.94. The fourth-order valence-electron chi connectivity index (χ4n) is 2.66. The Morgan fingerprint density at radius 3 is 2.78 bits per heavy atom. The number of carbonyl (C=O) groups excluding carboxylic acids is 1. The van der Waals surface area contributed by atoms with Gasteiger partial charge in [-0.15, -0.1) is 0 Å². The number of anilines is 1. The molecule has 152 valence electrons. The maximum atomic E-state index is 11.9. The van der Waals surface area contributed by atoms with Crippen molar-refractivity contribution in [3.63, 3.8) is 0 Å². The average molecular weight is 387 g/mol. The van der Waals surface area contributed by atoms with E-state index in [1.807, 2.05) is 0 Å². The van der Waals surface area contributed by atoms with E-state index in [4.69, 9.17) is 26.1 Å². The molecule has 2 rings (SSSR count). The zero-order chi connectivity index (χ0) is 20.0. The van der Waals surface area contributed by atoms with Crippen molar-refractivity contribution in [2.24, 2.45) is 11.5 Å². The molecule has 0 aliphatic carbocycles. The summed E-state index contributed by atoms with van der Waals surface area (Å²) in [5.74, 6) is -0.739. The van der Waals surface area contributed by atoms with Crippen molar-refractivity contribution in [3.05, 3.63) is 22.7 Å². The minimum absolute atomic E-state index is 0.0848. The molecule has 1 aliphatic rings. The summed E-state index contributed by atoms with van der Waals surface area (Å²) in [5, 5.41) is 29.0. The number of aromatic nitrogens is 2. The highest BCUT2D eigenvalue weighted by Crippen LogP contribution is 2.28. The van der Waals surface area contributed by atoms with Crippen LogP contribution in [0, 0.1) is 0 Å². The smallest absolute Gasteiger partial charge is 0.351 e. The van der Waals surface area contributed by atoms with Gasteiger partial charge < -0.3 is 31.2 Å². The average Bonchev–Trinajstić information content (AvgIpc) is 2.94. The first-order valence-corrected chi connectivity index (χ1v) is 8.52. The van der Waals surface area contributed by atoms with Gasteiger partial charge in [0.1, 0.15) is 31.0 Å². The van der Waals surface area contributed by atoms with Gasteiger partial charge in [0.15, 0.2) is 12.0 Å². The number of esters is 1. The third kappa shape index (κ3) is 5.22. The summed E-state index contributed by atoms with van der Waals surface area (Å²) < 4.78 is 11.5. The summed E-state index contributed by atoms with van der Waals surface area (Å²) in [6, 6.07) is 0.457. The molecule has 0 radical (unpaired) electrons. The predicted octanol–water partition coefficient (Wildman–Crippen LogP) is -2.34. The van der Waals surface area contributed by atoms with Gasteiger partial charge >= 0.3 is 11.7 Å². The second-order valence-corrected chi connectivity index (χ2v) is 6.18. The van der Waals surface area contributed by atoms with Gasteiger partial charge in [-0.25, -0.2) is 4.79 Å². The number of carbonyl (C=O) groups is 1. The van der Waals surface area contributed by atoms with Crippen molar-refractivity contribution < 1.29 is 29.7 Å². The Kier molecular flexibility index (Phi) is 7.65. The number of ether oxygens (including phenoxy) is 2. The first-order chi connectivity index (χ1) is 12.9. The molecule has 1 saturated heterocycles. The zero-order valence-electron chi connectivity index (χ0n) is 14.6. The summed E-state index contributed by atoms with van der Waals surface area (Å²) in [6.07, 6.45) is -2.03. The van der Waals surface area contributed by atoms with Gasteiger partial charge in [-0.3, -0.25) is 20.0 Å². The molecule has 0 aromatic carbocycles. The third-order valence-corrected chi connectivity index (χ3v) is 4.22. The highest BCUT2D eigenvalue weighted by atomic mass is 16.6. The summed E-state index contributed by atoms with van der Waals surface area (Å²) in [5.41, 5.74) is 12.0. The van der Waals surface area contributed by atoms with Gasteiger partial charge in [0, 0.05) is 6.20 Å². The molecule has 1 aromatic heterocycles. The Morgan fingerprint density at radius 2 is 2.15 bits per heavy atom. The van der Waals surface area contributed by atoms with Crippen LogP contribution in [0.2, 0.25) is 0 Å². The summed E-state index contributed by atoms with van der Waals surface area (Å²) >= 11 is 0. The second-order valence-electron chi connectivity index (χ2n) is 6.18. The van der Waals surface area contributed by atoms with Crippen molar-refractivity contribution in [1.82, 2.24) is 9.55 Å². The van der Waals surface area contributed by atoms with Crippen LogP contribution >= 0.6 is 0 Å². The summed E-state index contributed by atoms with van der Waals surface area (Å²) in [7, 11) is 0. The summed E-state index contributed by atoms with van der Waals surface area (Å²) in [4.78, 5) is 27.3. The van der Waals surface area contributed by atoms with E-state index in [1.165, 1.54) is 12.3 Å². The van der Waals surface area contributed by atoms with Crippen LogP contribution in [-0.4, -0.2) is 68.4 Å². The number of hydrogen-bond donors (Lipinski definition) is 6. The second kappa shape index (κ2) is 9.73. The van der Waals surface area contributed by atoms with Crippen LogP contribution in [0.25, 0.3) is 0 Å². The molecule has 27 heavy (non-hydrogen) atoms. The molecule has 0 saturated carbocycles. The molecule has 1 aliphatic heterocycles. The molecular weight excluding hydrogens is 362 g/mol. The van der Waals surface area contributed by atoms with E-state index in [9.17, 15) is 19.8 Å². The summed E-state index contributed by atoms with van der Waals surface area (Å²) in [6.45, 7) is 0.170. The maximum absolute atomic E-state index is 11.9. The van der Waals surface area contributed by atoms with E-state index >= 15 is 0 Å². The zero-order valence-corrected chi connectivity index (χ0v) is 14.6. The van der Waals surface area contributed by atoms with Crippen molar-refractivity contribution >= 4 is 11.8 Å². The van der Waals surface area contributed by atoms with Gasteiger partial charge in [0.2, 0.25) is 0 Å². The van der Waals surface area contributed by atoms with E-state index in [-0.39, 0.29) is 12.4 Å². The third-order valence-electron chi connectivity index (χ3n) is 4.22. The number of rotatable bonds is 9. The van der Waals surface area contributed by atoms with Gasteiger partial charge in [-0.1, -0.05) is 6.42 Å². The largest absolute Gasteiger partial charge is 0.462 e. The molecule has 12 heteroatoms. The minimum Gasteiger partial charge on any atom is -0.462 e. The first kappa shape index (κ1) is 21.2. The van der Waals surface area contributed by atoms with Crippen LogP contribution in [0.15, 0.2) is 17.1 Å². The van der Waals surface area contributed by atoms with Gasteiger partial charge in [-0.2, -0.15) is 4.98 Å². The Morgan fingerprint density at radius 1 is 1.41 bits per heavy atom. The number of aliphatic hydroxyl groups is 2. The van der Waals surface area contributed by atoms with E-state index in [0.29, 0.717) is 19.4 Å². The lowest BCUT2D eigenvalue weighted by atomic mass is 10.1. The predicted molar refractivity (Wildman–Crippen MR) is 91.7 cm³/mol. The lowest BCUT2D eigenvalue weighted by Crippen LogP contribution is -2.38. The standard InChI is InChI=1S/C15H25N5O7/c16-5-2-1-3-8(17)14(23)26-7-9-11(21)12(22)13(27-9)20-6-4-10(19-25)18-15(20)24/h4,6,8-9,11-13,21-22,25H,1-3,5,7,16-17H2,(H,18,19,24)/t8-,9-,11-,12-,13-/m1/s1. The number of nitrogens with two attached hydrogens (primary N) is 2. The SMILES string of the molecule is NCCCC[C@@H](N)C(=O)OC[C@H]1O[C@@H](n2ccc(NO)nc2=O)[C@H](O)[C@@H]1O. The maximum Gasteiger partial charge on any atom is 0.351 e. The van der Waals surface area contributed by atoms with Crippen LogP contribution in [0.5, 0.6) is 0 Å². The number of hydrogen-bond acceptors (Lipinski definition) is 11. The van der Waals surface area contributed by atoms with Crippen molar-refractivity contribution in [1.29, 1.82) is 0 Å². The molecule has 5 atom stereocenters. The highest BCUT2D eigenvalue weighted by molar-refractivity contribution is 5.75. The normalized spacial score (nSPS) is 26.0. The molecule has 0 unspecified atom stereocenters. The Bertz CT molecular complexity index is 685. The van der Waals surface area contributed by atoms with Gasteiger partial charge in [0.25, 0.3) is 0 Å². The molecule has 2 heterocycles. The number of nitrogens with one attached hydrogen (secondary N) is 1. The van der Waals surface area contributed by atoms with Crippen LogP contribution in [0.4, 0.5) is 5.82 Å². The molecule has 0 spiro atoms. The fourth-order valence-corrected chi connectivity index (χ4v) is 2.66. The number of nitrogens with zero attached hydrogens (tertiary/aromatic N) is 2. The highest BCUT2D eigenvalue weighted by Gasteiger charge is 2.44. The molecule has 1 aromatic rings. The van der Waals surface area contributed by atoms with E-state index in [1.54, 1.807) is 5.48 Å². The lowest BCUT2D eigenvalue weighted by Gasteiger charge is -2.17. The fraction of sp³-hybridized carbons (Fsp3) is 0.667. The topological polar surface area (TPSA) is 195 Å². The van der Waals surface area contributed by atoms with Crippen molar-refractivity contribution in [3.8, 4) is 0 Å². The first-order valence-electron chi connectivity index (χ1n) is 8.52. The monoisotopic (exact) mass is 387 g/mol. The molecule has 0 bridgehead atoms. The number of aliphatic hydroxyl groups excluding tert-OH is 2. The van der Waals surface area contributed by atoms with Crippen LogP contribution in [0.3, 0.4) is 0 Å². The van der Waals surface area contributed by atoms with Crippen LogP contribution in [-0.2, 0) is 14.3 Å². The molecule has 1 fully saturated rings. The van der Waals surface area contributed by atoms with Crippen molar-refractivity contribution in [2.75, 3.05) is 18.6 Å². The lowest BCUT2D eigenvalue weighted by molar-refractivity contribution is -0.151. The van der Waals surface area contributed by atoms with Crippen molar-refractivity contribution in [2.45, 2.75) is 49.8 Å². The Labute approximate surface area is 154 Å². The van der Waals surface area contributed by atoms with Gasteiger partial charge in [0.05, 0.1) is 0 Å². The van der Waals surface area contributed by atoms with Gasteiger partial charge in [-0.05, 0) is 25.5 Å². The Hall–Kier alpha value is -2.09. The molecule has 12 nitrogen and oxygen atoms in total. The molecular formula is C15H25N5O7. The van der Waals surface area contributed by atoms with E-state index in [0.717, 1.165) is 11.0 Å². The molecule has 8 N–H and O–H groups in total. The van der Waals surface area contributed by atoms with E-state index < -0.39 is 42.2 Å². The van der Waals surface area contributed by atoms with Crippen LogP contribution < -0.4 is 22.6 Å². The quantitative estimate of drug-likeness (QED) is 0.151. The van der Waals surface area contributed by atoms with E-state index in [2.05, 4.69) is 4.98 Å². The number of unbranched alkanes of at least 4 members (excludes halogenated alkanes) is 1. The minimum atomic E-state index is -1.45. The molecule has 0 amide bonds.